The standard InChI is InChI=1S/C28H42N2O2/c1-25(2,3)19-13-17(14-20(23(19)31)26(4,5)6)29-30-18-15-21(27(7,8)9)24(32)22(16-18)28(10,11)12/h13-16,31-32H,1-12H3. The molecule has 0 fully saturated rings. The molecular weight excluding hydrogens is 396 g/mol. The highest BCUT2D eigenvalue weighted by Crippen LogP contribution is 2.44. The van der Waals surface area contributed by atoms with Crippen molar-refractivity contribution >= 4 is 11.4 Å². The predicted octanol–water partition coefficient (Wildman–Crippen LogP) is 8.70. The molecule has 0 aliphatic heterocycles. The largest absolute Gasteiger partial charge is 0.507 e. The molecule has 0 saturated heterocycles. The van der Waals surface area contributed by atoms with Crippen LogP contribution in [0.25, 0.3) is 0 Å². The third-order valence-corrected chi connectivity index (χ3v) is 5.70. The summed E-state index contributed by atoms with van der Waals surface area (Å²) in [5, 5.41) is 31.1. The molecule has 0 unspecified atom stereocenters. The average molecular weight is 439 g/mol. The molecule has 4 nitrogen and oxygen atoms in total. The summed E-state index contributed by atoms with van der Waals surface area (Å²) < 4.78 is 0. The number of azo groups is 1. The summed E-state index contributed by atoms with van der Waals surface area (Å²) in [6, 6.07) is 7.68. The van der Waals surface area contributed by atoms with E-state index in [1.54, 1.807) is 0 Å². The van der Waals surface area contributed by atoms with E-state index < -0.39 is 0 Å². The van der Waals surface area contributed by atoms with Crippen LogP contribution in [0.5, 0.6) is 11.5 Å². The lowest BCUT2D eigenvalue weighted by Crippen LogP contribution is -2.17. The molecule has 176 valence electrons. The summed E-state index contributed by atoms with van der Waals surface area (Å²) in [6.07, 6.45) is 0. The number of aromatic hydroxyl groups is 2. The molecule has 2 aromatic carbocycles. The summed E-state index contributed by atoms with van der Waals surface area (Å²) in [4.78, 5) is 0. The summed E-state index contributed by atoms with van der Waals surface area (Å²) in [5.41, 5.74) is 3.93. The van der Waals surface area contributed by atoms with Crippen molar-refractivity contribution in [3.8, 4) is 11.5 Å². The number of benzene rings is 2. The number of phenols is 2. The maximum atomic E-state index is 11.0. The Bertz CT molecular complexity index is 868. The summed E-state index contributed by atoms with van der Waals surface area (Å²) in [5.74, 6) is 0.664. The molecule has 0 spiro atoms. The van der Waals surface area contributed by atoms with Crippen LogP contribution in [-0.4, -0.2) is 10.2 Å². The minimum absolute atomic E-state index is 0.229. The Balaban J connectivity index is 2.70. The predicted molar refractivity (Wildman–Crippen MR) is 135 cm³/mol. The van der Waals surface area contributed by atoms with Crippen molar-refractivity contribution in [2.75, 3.05) is 0 Å². The highest BCUT2D eigenvalue weighted by molar-refractivity contribution is 5.58. The second-order valence-electron chi connectivity index (χ2n) is 13.0. The van der Waals surface area contributed by atoms with Gasteiger partial charge in [0.25, 0.3) is 0 Å². The van der Waals surface area contributed by atoms with E-state index in [1.165, 1.54) is 0 Å². The van der Waals surface area contributed by atoms with Crippen LogP contribution in [0.1, 0.15) is 105 Å². The van der Waals surface area contributed by atoms with Gasteiger partial charge in [-0.05, 0) is 45.9 Å². The lowest BCUT2D eigenvalue weighted by molar-refractivity contribution is 0.422. The molecule has 4 heteroatoms. The number of rotatable bonds is 2. The fourth-order valence-electron chi connectivity index (χ4n) is 3.76. The van der Waals surface area contributed by atoms with Crippen LogP contribution in [0.3, 0.4) is 0 Å². The zero-order valence-electron chi connectivity index (χ0n) is 22.1. The Hall–Kier alpha value is -2.36. The van der Waals surface area contributed by atoms with Crippen molar-refractivity contribution in [3.63, 3.8) is 0 Å². The van der Waals surface area contributed by atoms with Crippen molar-refractivity contribution < 1.29 is 10.2 Å². The topological polar surface area (TPSA) is 65.2 Å². The summed E-state index contributed by atoms with van der Waals surface area (Å²) in [7, 11) is 0. The van der Waals surface area contributed by atoms with Gasteiger partial charge in [0.15, 0.2) is 0 Å². The van der Waals surface area contributed by atoms with E-state index in [1.807, 2.05) is 24.3 Å². The molecule has 0 saturated carbocycles. The first-order valence-electron chi connectivity index (χ1n) is 11.4. The number of hydrogen-bond donors (Lipinski definition) is 2. The van der Waals surface area contributed by atoms with Gasteiger partial charge in [-0.25, -0.2) is 0 Å². The zero-order chi connectivity index (χ0) is 24.9. The second-order valence-corrected chi connectivity index (χ2v) is 13.0. The van der Waals surface area contributed by atoms with Crippen molar-refractivity contribution in [1.82, 2.24) is 0 Å². The van der Waals surface area contributed by atoms with Crippen LogP contribution < -0.4 is 0 Å². The third kappa shape index (κ3) is 5.70. The van der Waals surface area contributed by atoms with Gasteiger partial charge in [-0.3, -0.25) is 0 Å². The first-order chi connectivity index (χ1) is 14.2. The van der Waals surface area contributed by atoms with Gasteiger partial charge >= 0.3 is 0 Å². The van der Waals surface area contributed by atoms with Crippen molar-refractivity contribution in [2.24, 2.45) is 10.2 Å². The zero-order valence-corrected chi connectivity index (χ0v) is 22.1. The molecule has 0 atom stereocenters. The minimum Gasteiger partial charge on any atom is -0.507 e. The number of phenolic OH excluding ortho intramolecular Hbond substituents is 2. The average Bonchev–Trinajstić information content (AvgIpc) is 2.57. The van der Waals surface area contributed by atoms with Crippen LogP contribution >= 0.6 is 0 Å². The second kappa shape index (κ2) is 8.20. The van der Waals surface area contributed by atoms with Crippen LogP contribution in [0.2, 0.25) is 0 Å². The van der Waals surface area contributed by atoms with Gasteiger partial charge in [-0.15, -0.1) is 0 Å². The molecule has 32 heavy (non-hydrogen) atoms. The van der Waals surface area contributed by atoms with Crippen molar-refractivity contribution in [3.05, 3.63) is 46.5 Å². The van der Waals surface area contributed by atoms with E-state index in [-0.39, 0.29) is 21.7 Å². The van der Waals surface area contributed by atoms with Gasteiger partial charge in [0.1, 0.15) is 11.5 Å². The summed E-state index contributed by atoms with van der Waals surface area (Å²) in [6.45, 7) is 25.0. The number of nitrogens with zero attached hydrogens (tertiary/aromatic N) is 2. The molecule has 0 radical (unpaired) electrons. The molecule has 0 aliphatic carbocycles. The highest BCUT2D eigenvalue weighted by atomic mass is 16.3. The Morgan fingerprint density at radius 2 is 0.625 bits per heavy atom. The Labute approximate surface area is 194 Å². The van der Waals surface area contributed by atoms with E-state index in [4.69, 9.17) is 0 Å². The van der Waals surface area contributed by atoms with Gasteiger partial charge in [0, 0.05) is 22.3 Å². The monoisotopic (exact) mass is 438 g/mol. The van der Waals surface area contributed by atoms with E-state index in [0.29, 0.717) is 22.9 Å². The van der Waals surface area contributed by atoms with E-state index >= 15 is 0 Å². The molecule has 2 N–H and O–H groups in total. The molecule has 0 aliphatic rings. The lowest BCUT2D eigenvalue weighted by Gasteiger charge is -2.28. The fraction of sp³-hybridized carbons (Fsp3) is 0.571. The first-order valence-corrected chi connectivity index (χ1v) is 11.4. The van der Waals surface area contributed by atoms with Gasteiger partial charge in [-0.2, -0.15) is 10.2 Å². The van der Waals surface area contributed by atoms with Gasteiger partial charge < -0.3 is 10.2 Å². The smallest absolute Gasteiger partial charge is 0.123 e. The molecule has 2 rings (SSSR count). The van der Waals surface area contributed by atoms with Crippen LogP contribution in [0.4, 0.5) is 11.4 Å². The third-order valence-electron chi connectivity index (χ3n) is 5.70. The van der Waals surface area contributed by atoms with Crippen LogP contribution in [0.15, 0.2) is 34.5 Å². The SMILES string of the molecule is CC(C)(C)c1cc(N=Nc2cc(C(C)(C)C)c(O)c(C(C)(C)C)c2)cc(C(C)(C)C)c1O. The first kappa shape index (κ1) is 25.9. The Morgan fingerprint density at radius 1 is 0.438 bits per heavy atom. The van der Waals surface area contributed by atoms with Gasteiger partial charge in [0.2, 0.25) is 0 Å². The highest BCUT2D eigenvalue weighted by Gasteiger charge is 2.28. The fourth-order valence-corrected chi connectivity index (χ4v) is 3.76. The number of hydrogen-bond acceptors (Lipinski definition) is 4. The Kier molecular flexibility index (Phi) is 6.64. The van der Waals surface area contributed by atoms with Crippen molar-refractivity contribution in [1.29, 1.82) is 0 Å². The molecule has 2 aromatic rings. The Morgan fingerprint density at radius 3 is 0.781 bits per heavy atom. The quantitative estimate of drug-likeness (QED) is 0.460. The van der Waals surface area contributed by atoms with Crippen LogP contribution in [-0.2, 0) is 21.7 Å². The molecule has 0 aromatic heterocycles. The molecule has 0 amide bonds. The minimum atomic E-state index is -0.229. The van der Waals surface area contributed by atoms with Gasteiger partial charge in [-0.1, -0.05) is 83.1 Å². The maximum Gasteiger partial charge on any atom is 0.123 e. The lowest BCUT2D eigenvalue weighted by atomic mass is 9.79. The van der Waals surface area contributed by atoms with E-state index in [2.05, 4.69) is 93.3 Å². The van der Waals surface area contributed by atoms with E-state index in [9.17, 15) is 10.2 Å². The van der Waals surface area contributed by atoms with Crippen LogP contribution in [0, 0.1) is 0 Å². The van der Waals surface area contributed by atoms with Gasteiger partial charge in [0.05, 0.1) is 11.4 Å². The molecular formula is C28H42N2O2. The summed E-state index contributed by atoms with van der Waals surface area (Å²) >= 11 is 0. The molecule has 0 heterocycles. The molecule has 0 bridgehead atoms. The maximum absolute atomic E-state index is 11.0. The van der Waals surface area contributed by atoms with Crippen molar-refractivity contribution in [2.45, 2.75) is 105 Å². The normalized spacial score (nSPS) is 13.8. The van der Waals surface area contributed by atoms with E-state index in [0.717, 1.165) is 22.3 Å².